The summed E-state index contributed by atoms with van der Waals surface area (Å²) in [7, 11) is 0. The SMILES string of the molecule is C1CCC(C2CCC3OC3C2)(C2CCC3OC3C2)CC1. The maximum atomic E-state index is 5.84. The van der Waals surface area contributed by atoms with Gasteiger partial charge in [-0.25, -0.2) is 0 Å². The second-order valence-corrected chi connectivity index (χ2v) is 8.24. The minimum atomic E-state index is 0.654. The van der Waals surface area contributed by atoms with Crippen LogP contribution in [-0.2, 0) is 9.47 Å². The maximum absolute atomic E-state index is 5.84. The van der Waals surface area contributed by atoms with Gasteiger partial charge in [0, 0.05) is 0 Å². The van der Waals surface area contributed by atoms with Crippen molar-refractivity contribution in [2.45, 2.75) is 95.0 Å². The average Bonchev–Trinajstić information content (AvgIpc) is 3.39. The Hall–Kier alpha value is -0.0800. The lowest BCUT2D eigenvalue weighted by Crippen LogP contribution is -2.43. The fourth-order valence-electron chi connectivity index (χ4n) is 6.21. The highest BCUT2D eigenvalue weighted by Gasteiger charge is 2.56. The van der Waals surface area contributed by atoms with Crippen LogP contribution in [0.5, 0.6) is 0 Å². The topological polar surface area (TPSA) is 25.1 Å². The molecule has 0 N–H and O–H groups in total. The molecule has 6 unspecified atom stereocenters. The van der Waals surface area contributed by atoms with Crippen molar-refractivity contribution in [2.75, 3.05) is 0 Å². The first-order chi connectivity index (χ1) is 9.85. The summed E-state index contributed by atoms with van der Waals surface area (Å²) in [6, 6.07) is 0. The van der Waals surface area contributed by atoms with Gasteiger partial charge < -0.3 is 9.47 Å². The summed E-state index contributed by atoms with van der Waals surface area (Å²) in [6.07, 6.45) is 18.5. The predicted octanol–water partition coefficient (Wildman–Crippen LogP) is 4.07. The zero-order valence-electron chi connectivity index (χ0n) is 12.6. The van der Waals surface area contributed by atoms with Gasteiger partial charge in [-0.05, 0) is 68.6 Å². The van der Waals surface area contributed by atoms with E-state index in [1.807, 2.05) is 0 Å². The third kappa shape index (κ3) is 1.90. The molecule has 6 atom stereocenters. The highest BCUT2D eigenvalue weighted by atomic mass is 16.6. The molecule has 0 radical (unpaired) electrons. The van der Waals surface area contributed by atoms with Crippen LogP contribution in [0.4, 0.5) is 0 Å². The molecule has 2 saturated heterocycles. The Kier molecular flexibility index (Phi) is 2.78. The largest absolute Gasteiger partial charge is 0.370 e. The Morgan fingerprint density at radius 1 is 0.600 bits per heavy atom. The third-order valence-corrected chi connectivity index (χ3v) is 7.42. The number of ether oxygens (including phenoxy) is 2. The maximum Gasteiger partial charge on any atom is 0.0844 e. The van der Waals surface area contributed by atoms with Crippen LogP contribution < -0.4 is 0 Å². The Labute approximate surface area is 122 Å². The van der Waals surface area contributed by atoms with E-state index in [1.54, 1.807) is 0 Å². The summed E-state index contributed by atoms with van der Waals surface area (Å²) in [5, 5.41) is 0. The van der Waals surface area contributed by atoms with Gasteiger partial charge in [-0.2, -0.15) is 0 Å². The van der Waals surface area contributed by atoms with Crippen molar-refractivity contribution in [2.24, 2.45) is 17.3 Å². The molecule has 2 aliphatic heterocycles. The Morgan fingerprint density at radius 2 is 1.15 bits per heavy atom. The molecule has 2 nitrogen and oxygen atoms in total. The lowest BCUT2D eigenvalue weighted by atomic mass is 9.53. The van der Waals surface area contributed by atoms with Gasteiger partial charge in [0.05, 0.1) is 24.4 Å². The Bertz CT molecular complexity index is 357. The number of fused-ring (bicyclic) bond motifs is 2. The van der Waals surface area contributed by atoms with Crippen molar-refractivity contribution in [1.29, 1.82) is 0 Å². The van der Waals surface area contributed by atoms with Crippen molar-refractivity contribution < 1.29 is 9.47 Å². The molecule has 5 fully saturated rings. The molecule has 0 bridgehead atoms. The fourth-order valence-corrected chi connectivity index (χ4v) is 6.21. The van der Waals surface area contributed by atoms with E-state index in [4.69, 9.17) is 9.47 Å². The normalized spacial score (nSPS) is 52.8. The molecule has 3 aliphatic carbocycles. The van der Waals surface area contributed by atoms with Crippen LogP contribution in [0, 0.1) is 17.3 Å². The molecule has 0 aromatic heterocycles. The summed E-state index contributed by atoms with van der Waals surface area (Å²) in [4.78, 5) is 0. The van der Waals surface area contributed by atoms with E-state index in [-0.39, 0.29) is 0 Å². The average molecular weight is 276 g/mol. The highest BCUT2D eigenvalue weighted by molar-refractivity contribution is 5.05. The van der Waals surface area contributed by atoms with Crippen LogP contribution in [-0.4, -0.2) is 24.4 Å². The molecular formula is C18H28O2. The van der Waals surface area contributed by atoms with Crippen LogP contribution >= 0.6 is 0 Å². The van der Waals surface area contributed by atoms with Gasteiger partial charge in [-0.15, -0.1) is 0 Å². The van der Waals surface area contributed by atoms with Crippen LogP contribution in [0.2, 0.25) is 0 Å². The molecule has 0 aromatic carbocycles. The number of hydrogen-bond acceptors (Lipinski definition) is 2. The van der Waals surface area contributed by atoms with E-state index in [1.165, 1.54) is 70.6 Å². The van der Waals surface area contributed by atoms with Gasteiger partial charge in [0.15, 0.2) is 0 Å². The fraction of sp³-hybridized carbons (Fsp3) is 1.00. The van der Waals surface area contributed by atoms with Gasteiger partial charge in [0.1, 0.15) is 0 Å². The minimum absolute atomic E-state index is 0.654. The molecule has 0 amide bonds. The Balaban J connectivity index is 1.40. The summed E-state index contributed by atoms with van der Waals surface area (Å²) < 4.78 is 11.7. The van der Waals surface area contributed by atoms with Gasteiger partial charge in [-0.1, -0.05) is 19.3 Å². The smallest absolute Gasteiger partial charge is 0.0844 e. The van der Waals surface area contributed by atoms with E-state index >= 15 is 0 Å². The van der Waals surface area contributed by atoms with Crippen molar-refractivity contribution >= 4 is 0 Å². The first-order valence-corrected chi connectivity index (χ1v) is 9.16. The summed E-state index contributed by atoms with van der Waals surface area (Å²) in [5.41, 5.74) is 0.673. The van der Waals surface area contributed by atoms with Crippen molar-refractivity contribution in [3.8, 4) is 0 Å². The van der Waals surface area contributed by atoms with E-state index in [0.717, 1.165) is 11.8 Å². The molecule has 0 spiro atoms. The first-order valence-electron chi connectivity index (χ1n) is 9.16. The van der Waals surface area contributed by atoms with E-state index in [9.17, 15) is 0 Å². The molecule has 3 saturated carbocycles. The van der Waals surface area contributed by atoms with Crippen molar-refractivity contribution in [3.05, 3.63) is 0 Å². The zero-order chi connectivity index (χ0) is 13.2. The van der Waals surface area contributed by atoms with E-state index in [2.05, 4.69) is 0 Å². The highest BCUT2D eigenvalue weighted by Crippen LogP contribution is 2.60. The Morgan fingerprint density at radius 3 is 1.65 bits per heavy atom. The monoisotopic (exact) mass is 276 g/mol. The zero-order valence-corrected chi connectivity index (χ0v) is 12.6. The van der Waals surface area contributed by atoms with E-state index < -0.39 is 0 Å². The van der Waals surface area contributed by atoms with E-state index in [0.29, 0.717) is 29.8 Å². The molecule has 2 heteroatoms. The van der Waals surface area contributed by atoms with Gasteiger partial charge in [0.2, 0.25) is 0 Å². The molecular weight excluding hydrogens is 248 g/mol. The lowest BCUT2D eigenvalue weighted by molar-refractivity contribution is -0.00660. The molecule has 5 aliphatic rings. The quantitative estimate of drug-likeness (QED) is 0.710. The second-order valence-electron chi connectivity index (χ2n) is 8.24. The summed E-state index contributed by atoms with van der Waals surface area (Å²) >= 11 is 0. The second kappa shape index (κ2) is 4.46. The van der Waals surface area contributed by atoms with Gasteiger partial charge in [0.25, 0.3) is 0 Å². The number of epoxide rings is 2. The van der Waals surface area contributed by atoms with Gasteiger partial charge >= 0.3 is 0 Å². The van der Waals surface area contributed by atoms with Crippen LogP contribution in [0.3, 0.4) is 0 Å². The number of rotatable bonds is 2. The first kappa shape index (κ1) is 12.5. The standard InChI is InChI=1S/C18H28O2/c1-2-8-18(9-3-1,12-4-6-14-16(10-12)19-14)13-5-7-15-17(11-13)20-15/h12-17H,1-11H2. The molecule has 0 aromatic rings. The minimum Gasteiger partial charge on any atom is -0.370 e. The summed E-state index contributed by atoms with van der Waals surface area (Å²) in [6.45, 7) is 0. The summed E-state index contributed by atoms with van der Waals surface area (Å²) in [5.74, 6) is 1.93. The van der Waals surface area contributed by atoms with Crippen LogP contribution in [0.25, 0.3) is 0 Å². The molecule has 2 heterocycles. The predicted molar refractivity (Wildman–Crippen MR) is 77.5 cm³/mol. The van der Waals surface area contributed by atoms with Crippen LogP contribution in [0.1, 0.15) is 70.6 Å². The van der Waals surface area contributed by atoms with Gasteiger partial charge in [-0.3, -0.25) is 0 Å². The molecule has 20 heavy (non-hydrogen) atoms. The lowest BCUT2D eigenvalue weighted by Gasteiger charge is -2.51. The molecule has 112 valence electrons. The number of hydrogen-bond donors (Lipinski definition) is 0. The molecule has 5 rings (SSSR count). The van der Waals surface area contributed by atoms with Crippen molar-refractivity contribution in [3.63, 3.8) is 0 Å². The van der Waals surface area contributed by atoms with Crippen molar-refractivity contribution in [1.82, 2.24) is 0 Å². The third-order valence-electron chi connectivity index (χ3n) is 7.42. The van der Waals surface area contributed by atoms with Crippen LogP contribution in [0.15, 0.2) is 0 Å².